The maximum absolute atomic E-state index is 3.61. The molecule has 3 atom stereocenters. The fourth-order valence-corrected chi connectivity index (χ4v) is 5.35. The third-order valence-corrected chi connectivity index (χ3v) is 6.26. The summed E-state index contributed by atoms with van der Waals surface area (Å²) in [5, 5.41) is 5.16. The van der Waals surface area contributed by atoms with Gasteiger partial charge in [-0.2, -0.15) is 23.5 Å². The van der Waals surface area contributed by atoms with Crippen LogP contribution in [-0.2, 0) is 0 Å². The number of rotatable bonds is 5. The van der Waals surface area contributed by atoms with Gasteiger partial charge in [0.25, 0.3) is 0 Å². The van der Waals surface area contributed by atoms with Crippen molar-refractivity contribution in [2.75, 3.05) is 18.1 Å². The van der Waals surface area contributed by atoms with Crippen LogP contribution in [0.1, 0.15) is 33.6 Å². The fraction of sp³-hybridized carbons (Fsp3) is 0.846. The van der Waals surface area contributed by atoms with Crippen LogP contribution in [0.5, 0.6) is 0 Å². The zero-order valence-corrected chi connectivity index (χ0v) is 12.2. The highest BCUT2D eigenvalue weighted by molar-refractivity contribution is 8.07. The highest BCUT2D eigenvalue weighted by atomic mass is 32.2. The van der Waals surface area contributed by atoms with Crippen LogP contribution in [0.3, 0.4) is 0 Å². The van der Waals surface area contributed by atoms with Crippen molar-refractivity contribution in [2.45, 2.75) is 50.2 Å². The summed E-state index contributed by atoms with van der Waals surface area (Å²) < 4.78 is 0. The zero-order valence-electron chi connectivity index (χ0n) is 10.6. The van der Waals surface area contributed by atoms with Gasteiger partial charge < -0.3 is 5.32 Å². The minimum absolute atomic E-state index is 0.570. The molecular weight excluding hydrogens is 234 g/mol. The monoisotopic (exact) mass is 257 g/mol. The predicted octanol–water partition coefficient (Wildman–Crippen LogP) is 3.01. The number of nitrogens with one attached hydrogen (secondary N) is 1. The number of thioether (sulfide) groups is 2. The first-order valence-electron chi connectivity index (χ1n) is 6.19. The summed E-state index contributed by atoms with van der Waals surface area (Å²) in [5.41, 5.74) is 0. The van der Waals surface area contributed by atoms with Gasteiger partial charge in [0, 0.05) is 34.5 Å². The average Bonchev–Trinajstić information content (AvgIpc) is 2.34. The molecule has 0 spiro atoms. The lowest BCUT2D eigenvalue weighted by molar-refractivity contribution is 0.501. The van der Waals surface area contributed by atoms with E-state index in [4.69, 9.17) is 0 Å². The maximum Gasteiger partial charge on any atom is 0.0329 e. The summed E-state index contributed by atoms with van der Waals surface area (Å²) in [4.78, 5) is 0. The van der Waals surface area contributed by atoms with Crippen molar-refractivity contribution >= 4 is 23.5 Å². The average molecular weight is 257 g/mol. The summed E-state index contributed by atoms with van der Waals surface area (Å²) in [5.74, 6) is 8.88. The molecule has 3 unspecified atom stereocenters. The molecule has 1 aliphatic heterocycles. The van der Waals surface area contributed by atoms with E-state index in [1.54, 1.807) is 0 Å². The third-order valence-electron chi connectivity index (χ3n) is 2.86. The van der Waals surface area contributed by atoms with Gasteiger partial charge in [0.1, 0.15) is 0 Å². The Kier molecular flexibility index (Phi) is 7.44. The van der Waals surface area contributed by atoms with Crippen LogP contribution in [0.15, 0.2) is 0 Å². The van der Waals surface area contributed by atoms with E-state index in [9.17, 15) is 0 Å². The molecule has 1 saturated heterocycles. The molecule has 1 nitrogen and oxygen atoms in total. The van der Waals surface area contributed by atoms with Gasteiger partial charge in [-0.1, -0.05) is 13.8 Å². The van der Waals surface area contributed by atoms with E-state index in [0.717, 1.165) is 23.5 Å². The third kappa shape index (κ3) is 4.24. The van der Waals surface area contributed by atoms with Crippen molar-refractivity contribution in [3.05, 3.63) is 0 Å². The van der Waals surface area contributed by atoms with E-state index in [1.807, 2.05) is 6.92 Å². The minimum atomic E-state index is 0.570. The summed E-state index contributed by atoms with van der Waals surface area (Å²) in [6, 6.07) is 0.570. The van der Waals surface area contributed by atoms with Gasteiger partial charge in [0.05, 0.1) is 0 Å². The Morgan fingerprint density at radius 3 is 2.69 bits per heavy atom. The van der Waals surface area contributed by atoms with Crippen LogP contribution in [0.25, 0.3) is 0 Å². The SMILES string of the molecule is CC#CCC(NCC)C1SCCSC1CC. The fourth-order valence-electron chi connectivity index (χ4n) is 2.09. The van der Waals surface area contributed by atoms with Gasteiger partial charge in [-0.05, 0) is 19.9 Å². The van der Waals surface area contributed by atoms with Gasteiger partial charge in [-0.25, -0.2) is 0 Å². The van der Waals surface area contributed by atoms with Crippen LogP contribution in [-0.4, -0.2) is 34.6 Å². The summed E-state index contributed by atoms with van der Waals surface area (Å²) in [6.45, 7) is 7.48. The zero-order chi connectivity index (χ0) is 11.8. The van der Waals surface area contributed by atoms with Crippen molar-refractivity contribution in [3.63, 3.8) is 0 Å². The van der Waals surface area contributed by atoms with Crippen LogP contribution in [0, 0.1) is 11.8 Å². The molecule has 1 aliphatic rings. The Hall–Kier alpha value is 0.220. The first-order chi connectivity index (χ1) is 7.83. The van der Waals surface area contributed by atoms with E-state index < -0.39 is 0 Å². The normalized spacial score (nSPS) is 26.9. The second-order valence-corrected chi connectivity index (χ2v) is 6.58. The van der Waals surface area contributed by atoms with Gasteiger partial charge in [-0.15, -0.1) is 11.8 Å². The predicted molar refractivity (Wildman–Crippen MR) is 78.3 cm³/mol. The van der Waals surface area contributed by atoms with Gasteiger partial charge in [-0.3, -0.25) is 0 Å². The van der Waals surface area contributed by atoms with E-state index >= 15 is 0 Å². The Labute approximate surface area is 109 Å². The summed E-state index contributed by atoms with van der Waals surface area (Å²) in [6.07, 6.45) is 2.28. The molecular formula is C13H23NS2. The topological polar surface area (TPSA) is 12.0 Å². The molecule has 92 valence electrons. The van der Waals surface area contributed by atoms with E-state index in [0.29, 0.717) is 6.04 Å². The molecule has 1 heterocycles. The highest BCUT2D eigenvalue weighted by Gasteiger charge is 2.30. The lowest BCUT2D eigenvalue weighted by Crippen LogP contribution is -2.44. The van der Waals surface area contributed by atoms with Crippen LogP contribution in [0.2, 0.25) is 0 Å². The van der Waals surface area contributed by atoms with Crippen molar-refractivity contribution < 1.29 is 0 Å². The van der Waals surface area contributed by atoms with Crippen LogP contribution < -0.4 is 5.32 Å². The van der Waals surface area contributed by atoms with E-state index in [-0.39, 0.29) is 0 Å². The molecule has 1 rings (SSSR count). The van der Waals surface area contributed by atoms with Gasteiger partial charge >= 0.3 is 0 Å². The molecule has 0 aromatic rings. The molecule has 0 aliphatic carbocycles. The second-order valence-electron chi connectivity index (χ2n) is 3.95. The minimum Gasteiger partial charge on any atom is -0.312 e. The molecule has 1 fully saturated rings. The molecule has 0 bridgehead atoms. The summed E-state index contributed by atoms with van der Waals surface area (Å²) in [7, 11) is 0. The molecule has 0 amide bonds. The number of hydrogen-bond donors (Lipinski definition) is 1. The van der Waals surface area contributed by atoms with Crippen LogP contribution in [0.4, 0.5) is 0 Å². The van der Waals surface area contributed by atoms with E-state index in [1.165, 1.54) is 17.9 Å². The Morgan fingerprint density at radius 1 is 1.31 bits per heavy atom. The molecule has 0 aromatic carbocycles. The van der Waals surface area contributed by atoms with Crippen LogP contribution >= 0.6 is 23.5 Å². The first kappa shape index (κ1) is 14.3. The van der Waals surface area contributed by atoms with Crippen molar-refractivity contribution in [3.8, 4) is 11.8 Å². The smallest absolute Gasteiger partial charge is 0.0329 e. The Morgan fingerprint density at radius 2 is 2.06 bits per heavy atom. The molecule has 3 heteroatoms. The first-order valence-corrected chi connectivity index (χ1v) is 8.29. The largest absolute Gasteiger partial charge is 0.312 e. The number of hydrogen-bond acceptors (Lipinski definition) is 3. The highest BCUT2D eigenvalue weighted by Crippen LogP contribution is 2.35. The lowest BCUT2D eigenvalue weighted by Gasteiger charge is -2.35. The van der Waals surface area contributed by atoms with Crippen molar-refractivity contribution in [1.82, 2.24) is 5.32 Å². The van der Waals surface area contributed by atoms with Crippen molar-refractivity contribution in [2.24, 2.45) is 0 Å². The van der Waals surface area contributed by atoms with Gasteiger partial charge in [0.15, 0.2) is 0 Å². The molecule has 0 aromatic heterocycles. The quantitative estimate of drug-likeness (QED) is 0.761. The maximum atomic E-state index is 3.61. The molecule has 1 N–H and O–H groups in total. The summed E-state index contributed by atoms with van der Waals surface area (Å²) >= 11 is 4.29. The standard InChI is InChI=1S/C13H23NS2/c1-4-7-8-11(14-6-3)13-12(5-2)15-9-10-16-13/h11-14H,5-6,8-10H2,1-3H3. The second kappa shape index (κ2) is 8.33. The lowest BCUT2D eigenvalue weighted by atomic mass is 10.1. The molecule has 0 saturated carbocycles. The Bertz CT molecular complexity index is 244. The van der Waals surface area contributed by atoms with Gasteiger partial charge in [0.2, 0.25) is 0 Å². The molecule has 0 radical (unpaired) electrons. The Balaban J connectivity index is 2.60. The molecule has 16 heavy (non-hydrogen) atoms. The van der Waals surface area contributed by atoms with Crippen molar-refractivity contribution in [1.29, 1.82) is 0 Å². The van der Waals surface area contributed by atoms with E-state index in [2.05, 4.69) is 54.5 Å².